The highest BCUT2D eigenvalue weighted by molar-refractivity contribution is 6.43. The van der Waals surface area contributed by atoms with E-state index >= 15 is 0 Å². The summed E-state index contributed by atoms with van der Waals surface area (Å²) in [6.45, 7) is -0.228. The number of carbonyl (C=O) groups excluding carboxylic acids is 1. The van der Waals surface area contributed by atoms with Gasteiger partial charge in [-0.1, -0.05) is 23.2 Å². The molecule has 110 valence electrons. The van der Waals surface area contributed by atoms with Crippen molar-refractivity contribution in [1.82, 2.24) is 5.32 Å². The van der Waals surface area contributed by atoms with Crippen LogP contribution in [-0.4, -0.2) is 42.3 Å². The summed E-state index contributed by atoms with van der Waals surface area (Å²) in [7, 11) is 1.42. The van der Waals surface area contributed by atoms with Gasteiger partial charge in [0.25, 0.3) is 11.6 Å². The minimum atomic E-state index is -0.732. The summed E-state index contributed by atoms with van der Waals surface area (Å²) < 4.78 is 4.81. The lowest BCUT2D eigenvalue weighted by atomic mass is 10.1. The van der Waals surface area contributed by atoms with Gasteiger partial charge in [0.05, 0.1) is 29.2 Å². The van der Waals surface area contributed by atoms with Crippen molar-refractivity contribution < 1.29 is 19.6 Å². The van der Waals surface area contributed by atoms with E-state index in [0.717, 1.165) is 6.07 Å². The molecule has 0 aromatic heterocycles. The lowest BCUT2D eigenvalue weighted by molar-refractivity contribution is -0.384. The van der Waals surface area contributed by atoms with E-state index in [2.05, 4.69) is 5.32 Å². The number of hydrogen-bond donors (Lipinski definition) is 2. The first-order chi connectivity index (χ1) is 9.40. The molecular weight excluding hydrogens is 311 g/mol. The number of nitro groups is 1. The Bertz CT molecular complexity index is 524. The van der Waals surface area contributed by atoms with Gasteiger partial charge < -0.3 is 15.2 Å². The van der Waals surface area contributed by atoms with Crippen LogP contribution in [0.2, 0.25) is 10.0 Å². The fraction of sp³-hybridized carbons (Fsp3) is 0.364. The van der Waals surface area contributed by atoms with Crippen LogP contribution in [0.3, 0.4) is 0 Å². The maximum absolute atomic E-state index is 11.9. The molecule has 0 radical (unpaired) electrons. The number of benzene rings is 1. The minimum absolute atomic E-state index is 0.0272. The molecule has 20 heavy (non-hydrogen) atoms. The van der Waals surface area contributed by atoms with Gasteiger partial charge in [0, 0.05) is 18.7 Å². The van der Waals surface area contributed by atoms with Crippen molar-refractivity contribution >= 4 is 34.8 Å². The third-order valence-electron chi connectivity index (χ3n) is 2.39. The number of hydrogen-bond acceptors (Lipinski definition) is 5. The van der Waals surface area contributed by atoms with Crippen molar-refractivity contribution in [3.8, 4) is 0 Å². The Morgan fingerprint density at radius 1 is 1.55 bits per heavy atom. The van der Waals surface area contributed by atoms with E-state index in [1.165, 1.54) is 13.2 Å². The Balaban J connectivity index is 3.02. The Hall–Kier alpha value is -1.41. The van der Waals surface area contributed by atoms with Crippen LogP contribution in [-0.2, 0) is 4.74 Å². The molecule has 0 heterocycles. The van der Waals surface area contributed by atoms with Gasteiger partial charge in [-0.15, -0.1) is 0 Å². The zero-order valence-corrected chi connectivity index (χ0v) is 11.9. The third-order valence-corrected chi connectivity index (χ3v) is 3.18. The summed E-state index contributed by atoms with van der Waals surface area (Å²) in [5.74, 6) is -0.622. The van der Waals surface area contributed by atoms with Gasteiger partial charge in [0.2, 0.25) is 0 Å². The molecule has 0 spiro atoms. The number of nitro benzene ring substituents is 1. The number of rotatable bonds is 6. The second-order valence-electron chi connectivity index (χ2n) is 3.86. The maximum Gasteiger partial charge on any atom is 0.290 e. The largest absolute Gasteiger partial charge is 0.394 e. The van der Waals surface area contributed by atoms with E-state index in [1.807, 2.05) is 0 Å². The van der Waals surface area contributed by atoms with Crippen LogP contribution in [0.1, 0.15) is 10.4 Å². The van der Waals surface area contributed by atoms with E-state index in [0.29, 0.717) is 0 Å². The zero-order valence-electron chi connectivity index (χ0n) is 10.4. The first-order valence-corrected chi connectivity index (χ1v) is 6.20. The first-order valence-electron chi connectivity index (χ1n) is 5.44. The topological polar surface area (TPSA) is 102 Å². The van der Waals surface area contributed by atoms with Crippen molar-refractivity contribution in [3.05, 3.63) is 37.9 Å². The van der Waals surface area contributed by atoms with Gasteiger partial charge in [-0.3, -0.25) is 14.9 Å². The van der Waals surface area contributed by atoms with Crippen molar-refractivity contribution in [2.24, 2.45) is 0 Å². The highest BCUT2D eigenvalue weighted by Gasteiger charge is 2.21. The molecule has 1 aromatic carbocycles. The van der Waals surface area contributed by atoms with Crippen LogP contribution in [0.4, 0.5) is 5.69 Å². The minimum Gasteiger partial charge on any atom is -0.394 e. The molecule has 0 aliphatic rings. The monoisotopic (exact) mass is 322 g/mol. The average molecular weight is 323 g/mol. The van der Waals surface area contributed by atoms with E-state index in [-0.39, 0.29) is 28.8 Å². The number of amides is 1. The maximum atomic E-state index is 11.9. The molecule has 1 rings (SSSR count). The normalized spacial score (nSPS) is 12.0. The molecule has 1 atom stereocenters. The number of aliphatic hydroxyl groups excluding tert-OH is 1. The van der Waals surface area contributed by atoms with Crippen LogP contribution < -0.4 is 5.32 Å². The predicted molar refractivity (Wildman–Crippen MR) is 73.3 cm³/mol. The summed E-state index contributed by atoms with van der Waals surface area (Å²) >= 11 is 11.4. The number of nitrogens with zero attached hydrogens (tertiary/aromatic N) is 1. The van der Waals surface area contributed by atoms with Crippen molar-refractivity contribution in [2.75, 3.05) is 20.3 Å². The lowest BCUT2D eigenvalue weighted by Gasteiger charge is -2.15. The smallest absolute Gasteiger partial charge is 0.290 e. The quantitative estimate of drug-likeness (QED) is 0.612. The Labute approximate surface area is 124 Å². The van der Waals surface area contributed by atoms with Gasteiger partial charge in [-0.05, 0) is 6.07 Å². The average Bonchev–Trinajstić information content (AvgIpc) is 2.40. The fourth-order valence-electron chi connectivity index (χ4n) is 1.45. The number of ether oxygens (including phenoxy) is 1. The summed E-state index contributed by atoms with van der Waals surface area (Å²) in [6, 6.07) is 1.61. The van der Waals surface area contributed by atoms with Gasteiger partial charge in [-0.2, -0.15) is 0 Å². The standard InChI is InChI=1S/C11H12Cl2N2O5/c1-20-5-7(4-16)14-11(17)6-2-8(12)10(13)9(3-6)15(18)19/h2-3,7,16H,4-5H2,1H3,(H,14,17). The molecule has 0 saturated carbocycles. The second-order valence-corrected chi connectivity index (χ2v) is 4.64. The second kappa shape index (κ2) is 7.39. The van der Waals surface area contributed by atoms with Gasteiger partial charge in [0.15, 0.2) is 0 Å². The molecule has 2 N–H and O–H groups in total. The van der Waals surface area contributed by atoms with Crippen molar-refractivity contribution in [3.63, 3.8) is 0 Å². The van der Waals surface area contributed by atoms with Crippen LogP contribution >= 0.6 is 23.2 Å². The Kier molecular flexibility index (Phi) is 6.15. The van der Waals surface area contributed by atoms with E-state index < -0.39 is 22.6 Å². The summed E-state index contributed by atoms with van der Waals surface area (Å²) in [5.41, 5.74) is -0.489. The molecule has 0 aliphatic heterocycles. The highest BCUT2D eigenvalue weighted by Crippen LogP contribution is 2.33. The molecule has 1 unspecified atom stereocenters. The molecular formula is C11H12Cl2N2O5. The van der Waals surface area contributed by atoms with E-state index in [9.17, 15) is 14.9 Å². The predicted octanol–water partition coefficient (Wildman–Crippen LogP) is 1.64. The Morgan fingerprint density at radius 3 is 2.70 bits per heavy atom. The van der Waals surface area contributed by atoms with Gasteiger partial charge >= 0.3 is 0 Å². The van der Waals surface area contributed by atoms with E-state index in [1.54, 1.807) is 0 Å². The zero-order chi connectivity index (χ0) is 15.3. The molecule has 0 bridgehead atoms. The molecule has 9 heteroatoms. The van der Waals surface area contributed by atoms with Gasteiger partial charge in [-0.25, -0.2) is 0 Å². The molecule has 1 aromatic rings. The fourth-order valence-corrected chi connectivity index (χ4v) is 1.84. The first kappa shape index (κ1) is 16.6. The number of halogens is 2. The number of methoxy groups -OCH3 is 1. The lowest BCUT2D eigenvalue weighted by Crippen LogP contribution is -2.40. The van der Waals surface area contributed by atoms with Crippen LogP contribution in [0.15, 0.2) is 12.1 Å². The van der Waals surface area contributed by atoms with Crippen molar-refractivity contribution in [2.45, 2.75) is 6.04 Å². The summed E-state index contributed by atoms with van der Waals surface area (Å²) in [4.78, 5) is 22.0. The molecule has 0 saturated heterocycles. The van der Waals surface area contributed by atoms with Gasteiger partial charge in [0.1, 0.15) is 5.02 Å². The van der Waals surface area contributed by atoms with Crippen molar-refractivity contribution in [1.29, 1.82) is 0 Å². The molecule has 0 fully saturated rings. The number of nitrogens with one attached hydrogen (secondary N) is 1. The third kappa shape index (κ3) is 4.04. The highest BCUT2D eigenvalue weighted by atomic mass is 35.5. The number of aliphatic hydroxyl groups is 1. The molecule has 7 nitrogen and oxygen atoms in total. The summed E-state index contributed by atoms with van der Waals surface area (Å²) in [6.07, 6.45) is 0. The van der Waals surface area contributed by atoms with Crippen LogP contribution in [0, 0.1) is 10.1 Å². The van der Waals surface area contributed by atoms with Crippen LogP contribution in [0.5, 0.6) is 0 Å². The number of carbonyl (C=O) groups is 1. The molecule has 0 aliphatic carbocycles. The summed E-state index contributed by atoms with van der Waals surface area (Å²) in [5, 5.41) is 22.0. The Morgan fingerprint density at radius 2 is 2.20 bits per heavy atom. The van der Waals surface area contributed by atoms with Crippen LogP contribution in [0.25, 0.3) is 0 Å². The van der Waals surface area contributed by atoms with E-state index in [4.69, 9.17) is 33.0 Å². The SMILES string of the molecule is COCC(CO)NC(=O)c1cc(Cl)c(Cl)c([N+](=O)[O-])c1. The molecule has 1 amide bonds.